The summed E-state index contributed by atoms with van der Waals surface area (Å²) in [6.07, 6.45) is 1.70. The molecule has 3 aromatic rings. The monoisotopic (exact) mass is 367 g/mol. The molecular formula is C20H21N3O2S. The van der Waals surface area contributed by atoms with E-state index in [0.29, 0.717) is 21.3 Å². The van der Waals surface area contributed by atoms with Crippen molar-refractivity contribution in [1.29, 1.82) is 0 Å². The van der Waals surface area contributed by atoms with Gasteiger partial charge in [-0.3, -0.25) is 9.78 Å². The van der Waals surface area contributed by atoms with E-state index in [1.807, 2.05) is 30.3 Å². The molecule has 6 heteroatoms. The van der Waals surface area contributed by atoms with Crippen molar-refractivity contribution in [2.24, 2.45) is 0 Å². The highest BCUT2D eigenvalue weighted by Gasteiger charge is 2.20. The van der Waals surface area contributed by atoms with Crippen molar-refractivity contribution in [3.05, 3.63) is 58.7 Å². The van der Waals surface area contributed by atoms with Gasteiger partial charge in [0.2, 0.25) is 0 Å². The van der Waals surface area contributed by atoms with E-state index in [0.717, 1.165) is 11.3 Å². The first-order valence-corrected chi connectivity index (χ1v) is 9.11. The maximum atomic E-state index is 12.7. The number of carbonyl (C=O) groups excluding carboxylic acids is 1. The molecule has 2 aromatic heterocycles. The van der Waals surface area contributed by atoms with E-state index in [1.54, 1.807) is 19.2 Å². The molecule has 2 N–H and O–H groups in total. The fourth-order valence-electron chi connectivity index (χ4n) is 2.49. The van der Waals surface area contributed by atoms with Crippen molar-refractivity contribution in [3.63, 3.8) is 0 Å². The Kier molecular flexibility index (Phi) is 4.78. The summed E-state index contributed by atoms with van der Waals surface area (Å²) < 4.78 is 0. The minimum Gasteiger partial charge on any atom is -0.506 e. The summed E-state index contributed by atoms with van der Waals surface area (Å²) in [7, 11) is 0. The number of nitrogens with one attached hydrogen (secondary N) is 1. The van der Waals surface area contributed by atoms with Gasteiger partial charge in [-0.2, -0.15) is 0 Å². The molecule has 0 aliphatic rings. The zero-order chi connectivity index (χ0) is 18.9. The number of thiazole rings is 1. The normalized spacial score (nSPS) is 11.4. The fourth-order valence-corrected chi connectivity index (χ4v) is 3.43. The van der Waals surface area contributed by atoms with Crippen molar-refractivity contribution < 1.29 is 9.90 Å². The highest BCUT2D eigenvalue weighted by atomic mass is 32.1. The minimum absolute atomic E-state index is 0.0402. The van der Waals surface area contributed by atoms with E-state index >= 15 is 0 Å². The highest BCUT2D eigenvalue weighted by molar-refractivity contribution is 7.17. The summed E-state index contributed by atoms with van der Waals surface area (Å²) in [5.74, 6) is -0.248. The predicted octanol–water partition coefficient (Wildman–Crippen LogP) is 4.77. The Labute approximate surface area is 156 Å². The molecule has 0 bridgehead atoms. The van der Waals surface area contributed by atoms with Crippen LogP contribution in [-0.2, 0) is 5.41 Å². The van der Waals surface area contributed by atoms with E-state index in [9.17, 15) is 9.90 Å². The first-order chi connectivity index (χ1) is 12.3. The molecule has 26 heavy (non-hydrogen) atoms. The molecule has 0 radical (unpaired) electrons. The van der Waals surface area contributed by atoms with Crippen molar-refractivity contribution in [1.82, 2.24) is 9.97 Å². The molecule has 0 fully saturated rings. The van der Waals surface area contributed by atoms with Crippen LogP contribution in [0.5, 0.6) is 5.75 Å². The van der Waals surface area contributed by atoms with Gasteiger partial charge >= 0.3 is 0 Å². The summed E-state index contributed by atoms with van der Waals surface area (Å²) in [6, 6.07) is 10.9. The van der Waals surface area contributed by atoms with Crippen molar-refractivity contribution in [2.75, 3.05) is 5.32 Å². The molecule has 2 heterocycles. The Morgan fingerprint density at radius 3 is 2.62 bits per heavy atom. The average Bonchev–Trinajstić information content (AvgIpc) is 2.98. The Bertz CT molecular complexity index is 943. The smallest absolute Gasteiger partial charge is 0.267 e. The fraction of sp³-hybridized carbons (Fsp3) is 0.250. The van der Waals surface area contributed by atoms with Crippen LogP contribution in [0.3, 0.4) is 0 Å². The van der Waals surface area contributed by atoms with Crippen LogP contribution in [0.4, 0.5) is 5.69 Å². The molecule has 1 aromatic carbocycles. The first-order valence-electron chi connectivity index (χ1n) is 8.29. The number of pyridine rings is 1. The third-order valence-electron chi connectivity index (χ3n) is 4.00. The number of amides is 1. The van der Waals surface area contributed by atoms with Crippen LogP contribution in [0.2, 0.25) is 0 Å². The largest absolute Gasteiger partial charge is 0.506 e. The summed E-state index contributed by atoms with van der Waals surface area (Å²) in [4.78, 5) is 22.0. The van der Waals surface area contributed by atoms with Gasteiger partial charge in [-0.25, -0.2) is 4.98 Å². The second-order valence-electron chi connectivity index (χ2n) is 7.08. The van der Waals surface area contributed by atoms with E-state index in [-0.39, 0.29) is 17.1 Å². The Balaban J connectivity index is 1.89. The number of carbonyl (C=O) groups is 1. The molecule has 0 saturated heterocycles. The van der Waals surface area contributed by atoms with Crippen LogP contribution >= 0.6 is 11.3 Å². The van der Waals surface area contributed by atoms with Gasteiger partial charge in [-0.15, -0.1) is 11.3 Å². The summed E-state index contributed by atoms with van der Waals surface area (Å²) >= 11 is 1.29. The predicted molar refractivity (Wildman–Crippen MR) is 105 cm³/mol. The van der Waals surface area contributed by atoms with E-state index in [1.165, 1.54) is 11.3 Å². The lowest BCUT2D eigenvalue weighted by molar-refractivity contribution is 0.102. The van der Waals surface area contributed by atoms with Crippen LogP contribution in [0.1, 0.15) is 41.7 Å². The molecule has 0 atom stereocenters. The zero-order valence-electron chi connectivity index (χ0n) is 15.2. The van der Waals surface area contributed by atoms with E-state index in [2.05, 4.69) is 36.1 Å². The van der Waals surface area contributed by atoms with Gasteiger partial charge in [0.1, 0.15) is 15.6 Å². The van der Waals surface area contributed by atoms with Gasteiger partial charge < -0.3 is 10.4 Å². The average molecular weight is 367 g/mol. The molecule has 0 unspecified atom stereocenters. The van der Waals surface area contributed by atoms with Crippen molar-refractivity contribution >= 4 is 22.9 Å². The molecule has 0 aliphatic heterocycles. The number of aromatic nitrogens is 2. The molecule has 0 saturated carbocycles. The second kappa shape index (κ2) is 6.88. The highest BCUT2D eigenvalue weighted by Crippen LogP contribution is 2.32. The first kappa shape index (κ1) is 18.1. The molecule has 3 rings (SSSR count). The number of benzene rings is 1. The van der Waals surface area contributed by atoms with Gasteiger partial charge in [0.25, 0.3) is 5.91 Å². The van der Waals surface area contributed by atoms with Crippen LogP contribution in [0.25, 0.3) is 10.7 Å². The molecular weight excluding hydrogens is 346 g/mol. The Hall–Kier alpha value is -2.73. The summed E-state index contributed by atoms with van der Waals surface area (Å²) in [6.45, 7) is 8.04. The third-order valence-corrected chi connectivity index (χ3v) is 5.18. The van der Waals surface area contributed by atoms with Gasteiger partial charge in [0.05, 0.1) is 17.1 Å². The Morgan fingerprint density at radius 2 is 1.96 bits per heavy atom. The number of hydrogen-bond acceptors (Lipinski definition) is 5. The summed E-state index contributed by atoms with van der Waals surface area (Å²) in [5.41, 5.74) is 2.71. The molecule has 0 aliphatic carbocycles. The van der Waals surface area contributed by atoms with Crippen LogP contribution in [0.15, 0.2) is 42.6 Å². The lowest BCUT2D eigenvalue weighted by Crippen LogP contribution is -2.14. The third kappa shape index (κ3) is 3.75. The van der Waals surface area contributed by atoms with Gasteiger partial charge in [-0.05, 0) is 42.2 Å². The topological polar surface area (TPSA) is 75.1 Å². The van der Waals surface area contributed by atoms with Gasteiger partial charge in [0.15, 0.2) is 0 Å². The second-order valence-corrected chi connectivity index (χ2v) is 8.08. The number of nitrogens with zero attached hydrogens (tertiary/aromatic N) is 2. The minimum atomic E-state index is -0.288. The molecule has 134 valence electrons. The molecule has 0 spiro atoms. The number of aromatic hydroxyl groups is 1. The van der Waals surface area contributed by atoms with Gasteiger partial charge in [0, 0.05) is 6.20 Å². The zero-order valence-corrected chi connectivity index (χ0v) is 16.0. The number of aryl methyl sites for hydroxylation is 1. The number of anilines is 1. The van der Waals surface area contributed by atoms with Crippen LogP contribution in [0, 0.1) is 6.92 Å². The maximum absolute atomic E-state index is 12.7. The Morgan fingerprint density at radius 1 is 1.19 bits per heavy atom. The van der Waals surface area contributed by atoms with Crippen LogP contribution < -0.4 is 5.32 Å². The lowest BCUT2D eigenvalue weighted by atomic mass is 9.87. The van der Waals surface area contributed by atoms with Crippen LogP contribution in [-0.4, -0.2) is 21.0 Å². The van der Waals surface area contributed by atoms with Crippen molar-refractivity contribution in [2.45, 2.75) is 33.1 Å². The molecule has 1 amide bonds. The van der Waals surface area contributed by atoms with E-state index < -0.39 is 0 Å². The quantitative estimate of drug-likeness (QED) is 0.654. The number of rotatable bonds is 3. The maximum Gasteiger partial charge on any atom is 0.267 e. The SMILES string of the molecule is Cc1nc(-c2ccccn2)sc1C(=O)Nc1cc(C(C)(C)C)ccc1O. The lowest BCUT2D eigenvalue weighted by Gasteiger charge is -2.20. The van der Waals surface area contributed by atoms with E-state index in [4.69, 9.17) is 0 Å². The molecule has 5 nitrogen and oxygen atoms in total. The number of hydrogen-bond donors (Lipinski definition) is 2. The van der Waals surface area contributed by atoms with Crippen molar-refractivity contribution in [3.8, 4) is 16.5 Å². The number of phenolic OH excluding ortho intramolecular Hbond substituents is 1. The standard InChI is InChI=1S/C20H21N3O2S/c1-12-17(26-19(22-12)14-7-5-6-10-21-14)18(25)23-15-11-13(20(2,3)4)8-9-16(15)24/h5-11,24H,1-4H3,(H,23,25). The summed E-state index contributed by atoms with van der Waals surface area (Å²) in [5, 5.41) is 13.6. The van der Waals surface area contributed by atoms with Gasteiger partial charge in [-0.1, -0.05) is 32.9 Å². The number of phenols is 1.